The molecule has 8 heteroatoms. The largest absolute Gasteiger partial charge is 1.00 e. The summed E-state index contributed by atoms with van der Waals surface area (Å²) in [5.41, 5.74) is 7.30. The number of carbonyl (C=O) groups is 1. The van der Waals surface area contributed by atoms with Gasteiger partial charge in [0.25, 0.3) is 0 Å². The van der Waals surface area contributed by atoms with Gasteiger partial charge in [0, 0.05) is 13.1 Å². The van der Waals surface area contributed by atoms with Gasteiger partial charge < -0.3 is 15.3 Å². The van der Waals surface area contributed by atoms with Gasteiger partial charge in [0.15, 0.2) is 0 Å². The quantitative estimate of drug-likeness (QED) is 0.370. The number of hydrazine groups is 1. The van der Waals surface area contributed by atoms with E-state index >= 15 is 0 Å². The van der Waals surface area contributed by atoms with Crippen LogP contribution < -0.4 is 105 Å². The number of primary amides is 1. The molecule has 0 bridgehead atoms. The zero-order valence-corrected chi connectivity index (χ0v) is 14.1. The first-order chi connectivity index (χ1) is 4.29. The third-order valence-corrected chi connectivity index (χ3v) is 1.13. The monoisotopic (exact) mass is 202 g/mol. The first-order valence-corrected chi connectivity index (χ1v) is 2.81. The van der Waals surface area contributed by atoms with Crippen LogP contribution in [0.15, 0.2) is 0 Å². The molecular formula is C4H13N4Na3O. The predicted molar refractivity (Wildman–Crippen MR) is 35.6 cm³/mol. The first-order valence-electron chi connectivity index (χ1n) is 2.81. The number of carbonyl (C=O) groups excluding carboxylic acids is 1. The molecule has 1 aliphatic rings. The van der Waals surface area contributed by atoms with Gasteiger partial charge in [-0.1, -0.05) is 0 Å². The number of amides is 2. The smallest absolute Gasteiger partial charge is 1.00 e. The van der Waals surface area contributed by atoms with Crippen LogP contribution >= 0.6 is 0 Å². The van der Waals surface area contributed by atoms with Crippen molar-refractivity contribution in [1.82, 2.24) is 15.8 Å². The molecule has 12 heavy (non-hydrogen) atoms. The van der Waals surface area contributed by atoms with Gasteiger partial charge >= 0.3 is 94.7 Å². The van der Waals surface area contributed by atoms with Crippen LogP contribution in [0.2, 0.25) is 0 Å². The molecule has 0 aromatic carbocycles. The van der Waals surface area contributed by atoms with Crippen molar-refractivity contribution >= 4 is 6.03 Å². The van der Waals surface area contributed by atoms with Crippen molar-refractivity contribution in [2.45, 2.75) is 0 Å². The number of urea groups is 1. The van der Waals surface area contributed by atoms with E-state index in [2.05, 4.69) is 10.7 Å². The van der Waals surface area contributed by atoms with E-state index in [9.17, 15) is 4.79 Å². The Labute approximate surface area is 143 Å². The van der Waals surface area contributed by atoms with Gasteiger partial charge in [-0.25, -0.2) is 9.80 Å². The van der Waals surface area contributed by atoms with Crippen molar-refractivity contribution in [3.63, 3.8) is 0 Å². The number of rotatable bonds is 1. The fourth-order valence-electron chi connectivity index (χ4n) is 0.758. The number of nitrogens with one attached hydrogen (secondary N) is 2. The molecule has 1 fully saturated rings. The normalized spacial score (nSPS) is 15.0. The summed E-state index contributed by atoms with van der Waals surface area (Å²) in [6, 6.07) is -0.501. The summed E-state index contributed by atoms with van der Waals surface area (Å²) in [4.78, 5) is 10.2. The molecule has 1 heterocycles. The van der Waals surface area contributed by atoms with Gasteiger partial charge in [-0.15, -0.1) is 0 Å². The van der Waals surface area contributed by atoms with E-state index < -0.39 is 6.03 Å². The van der Waals surface area contributed by atoms with Crippen molar-refractivity contribution in [1.29, 1.82) is 0 Å². The van der Waals surface area contributed by atoms with Crippen LogP contribution in [0.25, 0.3) is 0 Å². The van der Waals surface area contributed by atoms with Crippen LogP contribution in [0.5, 0.6) is 0 Å². The fourth-order valence-corrected chi connectivity index (χ4v) is 0.758. The Morgan fingerprint density at radius 1 is 1.50 bits per heavy atom. The SMILES string of the molecule is NC(=O)NN1CCNC1.[H-].[H-].[H-].[Na+].[Na+].[Na+]. The number of hydrogen-bond donors (Lipinski definition) is 3. The molecule has 5 nitrogen and oxygen atoms in total. The van der Waals surface area contributed by atoms with E-state index in [4.69, 9.17) is 5.73 Å². The van der Waals surface area contributed by atoms with Gasteiger partial charge in [0.1, 0.15) is 0 Å². The molecule has 1 aliphatic heterocycles. The van der Waals surface area contributed by atoms with Crippen molar-refractivity contribution in [3.8, 4) is 0 Å². The average molecular weight is 202 g/mol. The summed E-state index contributed by atoms with van der Waals surface area (Å²) in [6.07, 6.45) is 0. The predicted octanol–water partition coefficient (Wildman–Crippen LogP) is -10.2. The van der Waals surface area contributed by atoms with E-state index in [1.807, 2.05) is 0 Å². The maximum atomic E-state index is 10.2. The van der Waals surface area contributed by atoms with Crippen LogP contribution in [-0.4, -0.2) is 30.8 Å². The molecule has 0 unspecified atom stereocenters. The molecule has 0 aromatic heterocycles. The van der Waals surface area contributed by atoms with E-state index in [-0.39, 0.29) is 93.0 Å². The first kappa shape index (κ1) is 19.7. The Kier molecular flexibility index (Phi) is 18.5. The molecule has 58 valence electrons. The van der Waals surface area contributed by atoms with Crippen molar-refractivity contribution in [2.75, 3.05) is 19.8 Å². The topological polar surface area (TPSA) is 70.4 Å². The summed E-state index contributed by atoms with van der Waals surface area (Å²) < 4.78 is 0. The minimum Gasteiger partial charge on any atom is -1.00 e. The van der Waals surface area contributed by atoms with Crippen LogP contribution in [0.3, 0.4) is 0 Å². The molecule has 1 saturated heterocycles. The maximum absolute atomic E-state index is 10.2. The van der Waals surface area contributed by atoms with Crippen LogP contribution in [0.1, 0.15) is 4.28 Å². The van der Waals surface area contributed by atoms with Crippen LogP contribution in [0.4, 0.5) is 4.79 Å². The van der Waals surface area contributed by atoms with Gasteiger partial charge in [0.05, 0.1) is 6.67 Å². The van der Waals surface area contributed by atoms with Crippen molar-refractivity contribution in [2.24, 2.45) is 5.73 Å². The van der Waals surface area contributed by atoms with Gasteiger partial charge in [-0.2, -0.15) is 0 Å². The molecule has 1 rings (SSSR count). The summed E-state index contributed by atoms with van der Waals surface area (Å²) in [5, 5.41) is 4.76. The standard InChI is InChI=1S/C4H10N4O.3Na.3H/c5-4(9)7-8-2-1-6-3-8;;;;;;/h6H,1-3H2,(H3,5,7,9);;;;;;/q;3*+1;3*-1. The van der Waals surface area contributed by atoms with Crippen LogP contribution in [0, 0.1) is 0 Å². The van der Waals surface area contributed by atoms with E-state index in [0.717, 1.165) is 13.1 Å². The number of hydrogen-bond acceptors (Lipinski definition) is 3. The summed E-state index contributed by atoms with van der Waals surface area (Å²) >= 11 is 0. The minimum atomic E-state index is -0.501. The summed E-state index contributed by atoms with van der Waals surface area (Å²) in [5.74, 6) is 0. The second-order valence-electron chi connectivity index (χ2n) is 1.90. The Bertz CT molecular complexity index is 130. The van der Waals surface area contributed by atoms with Gasteiger partial charge in [-0.3, -0.25) is 5.43 Å². The van der Waals surface area contributed by atoms with Crippen LogP contribution in [-0.2, 0) is 0 Å². The van der Waals surface area contributed by atoms with Crippen molar-refractivity contribution in [3.05, 3.63) is 0 Å². The van der Waals surface area contributed by atoms with Gasteiger partial charge in [0.2, 0.25) is 0 Å². The molecule has 0 spiro atoms. The molecular weight excluding hydrogens is 189 g/mol. The molecule has 2 amide bonds. The average Bonchev–Trinajstić information content (AvgIpc) is 2.15. The Morgan fingerprint density at radius 3 is 2.42 bits per heavy atom. The zero-order chi connectivity index (χ0) is 6.69. The second kappa shape index (κ2) is 11.3. The Hall–Kier alpha value is 2.19. The van der Waals surface area contributed by atoms with E-state index in [1.165, 1.54) is 0 Å². The Morgan fingerprint density at radius 2 is 2.08 bits per heavy atom. The summed E-state index contributed by atoms with van der Waals surface area (Å²) in [7, 11) is 0. The minimum absolute atomic E-state index is 0. The molecule has 0 radical (unpaired) electrons. The van der Waals surface area contributed by atoms with E-state index in [0.29, 0.717) is 6.67 Å². The third kappa shape index (κ3) is 8.77. The zero-order valence-electron chi connectivity index (χ0n) is 11.1. The number of nitrogens with zero attached hydrogens (tertiary/aromatic N) is 1. The Balaban J connectivity index is -0.0000000337. The van der Waals surface area contributed by atoms with Gasteiger partial charge in [-0.05, 0) is 0 Å². The molecule has 4 N–H and O–H groups in total. The number of nitrogens with two attached hydrogens (primary N) is 1. The fraction of sp³-hybridized carbons (Fsp3) is 0.750. The van der Waals surface area contributed by atoms with Crippen molar-refractivity contribution < 1.29 is 97.7 Å². The molecule has 0 saturated carbocycles. The summed E-state index contributed by atoms with van der Waals surface area (Å²) in [6.45, 7) is 2.41. The molecule has 0 aromatic rings. The maximum Gasteiger partial charge on any atom is 1.00 e. The molecule has 0 atom stereocenters. The third-order valence-electron chi connectivity index (χ3n) is 1.13. The molecule has 0 aliphatic carbocycles. The van der Waals surface area contributed by atoms with E-state index in [1.54, 1.807) is 5.01 Å². The second-order valence-corrected chi connectivity index (χ2v) is 1.90.